The van der Waals surface area contributed by atoms with E-state index in [1.807, 2.05) is 0 Å². The maximum absolute atomic E-state index is 12.1. The number of benzene rings is 1. The normalized spacial score (nSPS) is 19.2. The van der Waals surface area contributed by atoms with Gasteiger partial charge in [-0.25, -0.2) is 8.42 Å². The molecule has 0 aromatic heterocycles. The fourth-order valence-electron chi connectivity index (χ4n) is 2.37. The maximum Gasteiger partial charge on any atom is 0.232 e. The van der Waals surface area contributed by atoms with Crippen LogP contribution in [0, 0.1) is 12.3 Å². The Morgan fingerprint density at radius 2 is 2.25 bits per heavy atom. The number of hydrogen-bond acceptors (Lipinski definition) is 3. The number of terminal acetylenes is 1. The third-order valence-corrected chi connectivity index (χ3v) is 4.77. The molecule has 0 aliphatic carbocycles. The molecule has 1 saturated heterocycles. The molecule has 4 nitrogen and oxygen atoms in total. The van der Waals surface area contributed by atoms with Gasteiger partial charge in [0.2, 0.25) is 10.0 Å². The largest absolute Gasteiger partial charge is 0.314 e. The van der Waals surface area contributed by atoms with Gasteiger partial charge in [0.1, 0.15) is 0 Å². The van der Waals surface area contributed by atoms with Crippen LogP contribution in [0.4, 0.5) is 5.69 Å². The van der Waals surface area contributed by atoms with Crippen molar-refractivity contribution in [3.05, 3.63) is 29.8 Å². The molecule has 1 aromatic rings. The van der Waals surface area contributed by atoms with E-state index in [4.69, 9.17) is 6.42 Å². The number of rotatable bonds is 5. The van der Waals surface area contributed by atoms with Crippen LogP contribution in [0.2, 0.25) is 0 Å². The predicted octanol–water partition coefficient (Wildman–Crippen LogP) is 1.94. The zero-order valence-electron chi connectivity index (χ0n) is 11.4. The molecule has 5 heteroatoms. The van der Waals surface area contributed by atoms with E-state index in [0.717, 1.165) is 13.0 Å². The van der Waals surface area contributed by atoms with Gasteiger partial charge in [0.25, 0.3) is 0 Å². The van der Waals surface area contributed by atoms with E-state index in [2.05, 4.69) is 16.0 Å². The molecule has 2 rings (SSSR count). The lowest BCUT2D eigenvalue weighted by Crippen LogP contribution is -2.36. The lowest BCUT2D eigenvalue weighted by molar-refractivity contribution is 0.393. The number of sulfonamides is 1. The smallest absolute Gasteiger partial charge is 0.232 e. The molecule has 2 N–H and O–H groups in total. The van der Waals surface area contributed by atoms with E-state index in [9.17, 15) is 8.42 Å². The van der Waals surface area contributed by atoms with Crippen LogP contribution in [-0.2, 0) is 10.0 Å². The second-order valence-electron chi connectivity index (χ2n) is 5.08. The highest BCUT2D eigenvalue weighted by Gasteiger charge is 2.17. The molecule has 0 radical (unpaired) electrons. The summed E-state index contributed by atoms with van der Waals surface area (Å²) in [4.78, 5) is 0. The van der Waals surface area contributed by atoms with Crippen LogP contribution in [0.25, 0.3) is 0 Å². The number of nitrogens with one attached hydrogen (secondary N) is 2. The van der Waals surface area contributed by atoms with Gasteiger partial charge in [0.05, 0.1) is 5.75 Å². The molecule has 0 bridgehead atoms. The Morgan fingerprint density at radius 1 is 1.40 bits per heavy atom. The average Bonchev–Trinajstić information content (AvgIpc) is 2.46. The van der Waals surface area contributed by atoms with Gasteiger partial charge in [0.15, 0.2) is 0 Å². The Balaban J connectivity index is 1.91. The summed E-state index contributed by atoms with van der Waals surface area (Å²) < 4.78 is 26.7. The highest BCUT2D eigenvalue weighted by Crippen LogP contribution is 2.14. The fourth-order valence-corrected chi connectivity index (χ4v) is 3.55. The van der Waals surface area contributed by atoms with E-state index >= 15 is 0 Å². The Hall–Kier alpha value is -1.51. The summed E-state index contributed by atoms with van der Waals surface area (Å²) >= 11 is 0. The van der Waals surface area contributed by atoms with Crippen molar-refractivity contribution in [2.45, 2.75) is 31.7 Å². The lowest BCUT2D eigenvalue weighted by Gasteiger charge is -2.23. The van der Waals surface area contributed by atoms with Crippen molar-refractivity contribution in [2.75, 3.05) is 17.0 Å². The van der Waals surface area contributed by atoms with Crippen LogP contribution in [0.3, 0.4) is 0 Å². The monoisotopic (exact) mass is 292 g/mol. The van der Waals surface area contributed by atoms with Gasteiger partial charge in [-0.15, -0.1) is 6.42 Å². The van der Waals surface area contributed by atoms with Crippen molar-refractivity contribution in [1.82, 2.24) is 5.32 Å². The minimum Gasteiger partial charge on any atom is -0.314 e. The first-order chi connectivity index (χ1) is 9.59. The molecule has 1 aliphatic heterocycles. The third-order valence-electron chi connectivity index (χ3n) is 3.45. The van der Waals surface area contributed by atoms with Crippen molar-refractivity contribution in [3.63, 3.8) is 0 Å². The first-order valence-electron chi connectivity index (χ1n) is 6.89. The molecule has 1 fully saturated rings. The molecule has 20 heavy (non-hydrogen) atoms. The summed E-state index contributed by atoms with van der Waals surface area (Å²) in [5, 5.41) is 3.36. The van der Waals surface area contributed by atoms with E-state index < -0.39 is 10.0 Å². The molecule has 1 atom stereocenters. The Morgan fingerprint density at radius 3 is 2.95 bits per heavy atom. The summed E-state index contributed by atoms with van der Waals surface area (Å²) in [5.74, 6) is 2.62. The van der Waals surface area contributed by atoms with Crippen LogP contribution in [0.15, 0.2) is 24.3 Å². The summed E-state index contributed by atoms with van der Waals surface area (Å²) in [5.41, 5.74) is 1.19. The second kappa shape index (κ2) is 6.78. The topological polar surface area (TPSA) is 58.2 Å². The predicted molar refractivity (Wildman–Crippen MR) is 82.0 cm³/mol. The van der Waals surface area contributed by atoms with Gasteiger partial charge in [-0.3, -0.25) is 4.72 Å². The van der Waals surface area contributed by atoms with E-state index in [1.165, 1.54) is 12.8 Å². The van der Waals surface area contributed by atoms with Gasteiger partial charge in [0, 0.05) is 17.3 Å². The Kier molecular flexibility index (Phi) is 5.05. The molecule has 0 amide bonds. The molecule has 108 valence electrons. The van der Waals surface area contributed by atoms with Gasteiger partial charge in [-0.2, -0.15) is 0 Å². The molecular weight excluding hydrogens is 272 g/mol. The highest BCUT2D eigenvalue weighted by molar-refractivity contribution is 7.92. The molecule has 1 aromatic carbocycles. The van der Waals surface area contributed by atoms with Crippen LogP contribution in [-0.4, -0.2) is 26.8 Å². The van der Waals surface area contributed by atoms with Crippen LogP contribution < -0.4 is 10.0 Å². The van der Waals surface area contributed by atoms with E-state index in [0.29, 0.717) is 23.7 Å². The van der Waals surface area contributed by atoms with Gasteiger partial charge < -0.3 is 5.32 Å². The Bertz CT molecular complexity index is 584. The van der Waals surface area contributed by atoms with E-state index in [1.54, 1.807) is 24.3 Å². The minimum atomic E-state index is -3.32. The minimum absolute atomic E-state index is 0.130. The van der Waals surface area contributed by atoms with Crippen molar-refractivity contribution in [2.24, 2.45) is 0 Å². The van der Waals surface area contributed by atoms with Crippen LogP contribution in [0.1, 0.15) is 31.2 Å². The summed E-state index contributed by atoms with van der Waals surface area (Å²) in [6, 6.07) is 7.20. The first-order valence-corrected chi connectivity index (χ1v) is 8.55. The quantitative estimate of drug-likeness (QED) is 0.816. The number of anilines is 1. The van der Waals surface area contributed by atoms with Crippen molar-refractivity contribution >= 4 is 15.7 Å². The number of piperidine rings is 1. The van der Waals surface area contributed by atoms with Crippen molar-refractivity contribution in [1.29, 1.82) is 0 Å². The fraction of sp³-hybridized carbons (Fsp3) is 0.467. The summed E-state index contributed by atoms with van der Waals surface area (Å²) in [6.07, 6.45) is 9.36. The molecule has 1 aliphatic rings. The Labute approximate surface area is 121 Å². The molecule has 1 heterocycles. The van der Waals surface area contributed by atoms with Gasteiger partial charge in [-0.05, 0) is 44.0 Å². The molecule has 0 spiro atoms. The maximum atomic E-state index is 12.1. The van der Waals surface area contributed by atoms with Crippen LogP contribution in [0.5, 0.6) is 0 Å². The van der Waals surface area contributed by atoms with Crippen molar-refractivity contribution < 1.29 is 8.42 Å². The third kappa shape index (κ3) is 4.55. The molecular formula is C15H20N2O2S. The van der Waals surface area contributed by atoms with Crippen molar-refractivity contribution in [3.8, 4) is 12.3 Å². The highest BCUT2D eigenvalue weighted by atomic mass is 32.2. The van der Waals surface area contributed by atoms with Crippen LogP contribution >= 0.6 is 0 Å². The number of hydrogen-bond donors (Lipinski definition) is 2. The second-order valence-corrected chi connectivity index (χ2v) is 6.92. The van der Waals surface area contributed by atoms with Gasteiger partial charge >= 0.3 is 0 Å². The SMILES string of the molecule is C#Cc1cccc(NS(=O)(=O)CCC2CCCCN2)c1. The van der Waals surface area contributed by atoms with E-state index in [-0.39, 0.29) is 5.75 Å². The zero-order chi connectivity index (χ0) is 14.4. The van der Waals surface area contributed by atoms with Gasteiger partial charge in [-0.1, -0.05) is 18.4 Å². The average molecular weight is 292 g/mol. The summed E-state index contributed by atoms with van der Waals surface area (Å²) in [7, 11) is -3.32. The first kappa shape index (κ1) is 14.9. The zero-order valence-corrected chi connectivity index (χ0v) is 12.2. The lowest BCUT2D eigenvalue weighted by atomic mass is 10.0. The molecule has 1 unspecified atom stereocenters. The standard InChI is InChI=1S/C15H20N2O2S/c1-2-13-6-5-8-15(12-13)17-20(18,19)11-9-14-7-3-4-10-16-14/h1,5-6,8,12,14,16-17H,3-4,7,9-11H2. The summed E-state index contributed by atoms with van der Waals surface area (Å²) in [6.45, 7) is 0.988. The molecule has 0 saturated carbocycles.